The van der Waals surface area contributed by atoms with Crippen molar-refractivity contribution in [1.29, 1.82) is 0 Å². The van der Waals surface area contributed by atoms with E-state index in [1.807, 2.05) is 78.9 Å². The van der Waals surface area contributed by atoms with Gasteiger partial charge in [0.25, 0.3) is 0 Å². The van der Waals surface area contributed by atoms with E-state index in [1.165, 1.54) is 0 Å². The topological polar surface area (TPSA) is 67.8 Å². The standard InChI is InChI=1S/C27H31NO4/c1-2-10-22-19-24(32-23-13-7-4-8-14-23)15-16-26(22)31-18-9-17-28-20-25(27(29)30)21-11-5-3-6-12-21/h3-8,11-16,19,25,28H,2,9-10,17-18,20H2,1H3,(H,29,30). The van der Waals surface area contributed by atoms with Crippen LogP contribution in [-0.2, 0) is 11.2 Å². The average Bonchev–Trinajstić information content (AvgIpc) is 2.81. The molecule has 0 saturated heterocycles. The first-order chi connectivity index (χ1) is 15.7. The van der Waals surface area contributed by atoms with Crippen LogP contribution in [0.15, 0.2) is 78.9 Å². The molecule has 3 aromatic rings. The quantitative estimate of drug-likeness (QED) is 0.341. The Morgan fingerprint density at radius 2 is 1.69 bits per heavy atom. The van der Waals surface area contributed by atoms with Crippen LogP contribution in [0, 0.1) is 0 Å². The van der Waals surface area contributed by atoms with Crippen LogP contribution in [-0.4, -0.2) is 30.8 Å². The number of carboxylic acid groups (broad SMARTS) is 1. The van der Waals surface area contributed by atoms with Crippen molar-refractivity contribution in [2.24, 2.45) is 0 Å². The zero-order valence-electron chi connectivity index (χ0n) is 18.5. The number of nitrogens with one attached hydrogen (secondary N) is 1. The van der Waals surface area contributed by atoms with Crippen LogP contribution in [0.3, 0.4) is 0 Å². The van der Waals surface area contributed by atoms with E-state index in [2.05, 4.69) is 12.2 Å². The summed E-state index contributed by atoms with van der Waals surface area (Å²) in [4.78, 5) is 11.6. The Kier molecular flexibility index (Phi) is 9.14. The average molecular weight is 434 g/mol. The van der Waals surface area contributed by atoms with Crippen molar-refractivity contribution >= 4 is 5.97 Å². The number of carboxylic acids is 1. The summed E-state index contributed by atoms with van der Waals surface area (Å²) in [5.41, 5.74) is 1.94. The van der Waals surface area contributed by atoms with Gasteiger partial charge in [0.1, 0.15) is 17.2 Å². The summed E-state index contributed by atoms with van der Waals surface area (Å²) in [6.07, 6.45) is 2.72. The summed E-state index contributed by atoms with van der Waals surface area (Å²) in [5.74, 6) is 1.12. The van der Waals surface area contributed by atoms with Gasteiger partial charge in [-0.15, -0.1) is 0 Å². The predicted octanol–water partition coefficient (Wildman–Crippen LogP) is 5.66. The van der Waals surface area contributed by atoms with Crippen molar-refractivity contribution in [2.75, 3.05) is 19.7 Å². The second-order valence-electron chi connectivity index (χ2n) is 7.64. The molecule has 0 aliphatic carbocycles. The van der Waals surface area contributed by atoms with E-state index in [9.17, 15) is 9.90 Å². The molecule has 1 atom stereocenters. The van der Waals surface area contributed by atoms with Crippen molar-refractivity contribution in [3.8, 4) is 17.2 Å². The van der Waals surface area contributed by atoms with Gasteiger partial charge in [0.2, 0.25) is 0 Å². The van der Waals surface area contributed by atoms with Gasteiger partial charge in [-0.05, 0) is 60.8 Å². The monoisotopic (exact) mass is 433 g/mol. The van der Waals surface area contributed by atoms with Crippen LogP contribution in [0.25, 0.3) is 0 Å². The summed E-state index contributed by atoms with van der Waals surface area (Å²) >= 11 is 0. The second kappa shape index (κ2) is 12.5. The Morgan fingerprint density at radius 1 is 0.969 bits per heavy atom. The van der Waals surface area contributed by atoms with E-state index in [0.29, 0.717) is 19.7 Å². The van der Waals surface area contributed by atoms with Gasteiger partial charge in [-0.3, -0.25) is 4.79 Å². The van der Waals surface area contributed by atoms with Crippen LogP contribution >= 0.6 is 0 Å². The molecule has 2 N–H and O–H groups in total. The van der Waals surface area contributed by atoms with Gasteiger partial charge >= 0.3 is 5.97 Å². The fraction of sp³-hybridized carbons (Fsp3) is 0.296. The van der Waals surface area contributed by atoms with E-state index in [-0.39, 0.29) is 0 Å². The Bertz CT molecular complexity index is 960. The third-order valence-electron chi connectivity index (χ3n) is 5.13. The van der Waals surface area contributed by atoms with Gasteiger partial charge in [0.15, 0.2) is 0 Å². The molecular weight excluding hydrogens is 402 g/mol. The van der Waals surface area contributed by atoms with Crippen molar-refractivity contribution in [2.45, 2.75) is 32.1 Å². The largest absolute Gasteiger partial charge is 0.493 e. The highest BCUT2D eigenvalue weighted by molar-refractivity contribution is 5.76. The first-order valence-electron chi connectivity index (χ1n) is 11.1. The Morgan fingerprint density at radius 3 is 2.38 bits per heavy atom. The second-order valence-corrected chi connectivity index (χ2v) is 7.64. The van der Waals surface area contributed by atoms with Crippen LogP contribution in [0.1, 0.15) is 36.8 Å². The summed E-state index contributed by atoms with van der Waals surface area (Å²) in [5, 5.41) is 12.7. The summed E-state index contributed by atoms with van der Waals surface area (Å²) < 4.78 is 12.0. The van der Waals surface area contributed by atoms with Gasteiger partial charge in [-0.25, -0.2) is 0 Å². The molecule has 0 spiro atoms. The lowest BCUT2D eigenvalue weighted by atomic mass is 9.99. The van der Waals surface area contributed by atoms with Gasteiger partial charge in [-0.1, -0.05) is 61.9 Å². The molecule has 0 heterocycles. The molecule has 5 heteroatoms. The molecule has 168 valence electrons. The maximum atomic E-state index is 11.6. The highest BCUT2D eigenvalue weighted by Crippen LogP contribution is 2.29. The Hall–Kier alpha value is -3.31. The summed E-state index contributed by atoms with van der Waals surface area (Å²) in [6, 6.07) is 25.0. The number of hydrogen-bond acceptors (Lipinski definition) is 4. The number of para-hydroxylation sites is 1. The van der Waals surface area contributed by atoms with Crippen LogP contribution in [0.5, 0.6) is 17.2 Å². The lowest BCUT2D eigenvalue weighted by Crippen LogP contribution is -2.28. The fourth-order valence-corrected chi connectivity index (χ4v) is 3.51. The number of aliphatic carboxylic acids is 1. The van der Waals surface area contributed by atoms with Gasteiger partial charge in [0.05, 0.1) is 12.5 Å². The van der Waals surface area contributed by atoms with Crippen LogP contribution in [0.4, 0.5) is 0 Å². The number of hydrogen-bond donors (Lipinski definition) is 2. The molecule has 0 saturated carbocycles. The maximum Gasteiger partial charge on any atom is 0.312 e. The van der Waals surface area contributed by atoms with Crippen molar-refractivity contribution < 1.29 is 19.4 Å². The van der Waals surface area contributed by atoms with Crippen molar-refractivity contribution in [3.63, 3.8) is 0 Å². The summed E-state index contributed by atoms with van der Waals surface area (Å²) in [6.45, 7) is 3.79. The molecule has 0 aromatic heterocycles. The fourth-order valence-electron chi connectivity index (χ4n) is 3.51. The number of carbonyl (C=O) groups is 1. The summed E-state index contributed by atoms with van der Waals surface area (Å²) in [7, 11) is 0. The van der Waals surface area contributed by atoms with Crippen LogP contribution < -0.4 is 14.8 Å². The Balaban J connectivity index is 1.47. The van der Waals surface area contributed by atoms with E-state index >= 15 is 0 Å². The first-order valence-corrected chi connectivity index (χ1v) is 11.1. The third-order valence-corrected chi connectivity index (χ3v) is 5.13. The molecule has 1 unspecified atom stereocenters. The molecule has 3 rings (SSSR count). The minimum absolute atomic E-state index is 0.395. The molecule has 32 heavy (non-hydrogen) atoms. The molecule has 0 aliphatic rings. The van der Waals surface area contributed by atoms with Gasteiger partial charge in [0, 0.05) is 6.54 Å². The molecule has 5 nitrogen and oxygen atoms in total. The molecule has 0 bridgehead atoms. The smallest absolute Gasteiger partial charge is 0.312 e. The lowest BCUT2D eigenvalue weighted by Gasteiger charge is -2.15. The molecule has 3 aromatic carbocycles. The number of ether oxygens (including phenoxy) is 2. The highest BCUT2D eigenvalue weighted by Gasteiger charge is 2.18. The Labute approximate surface area is 190 Å². The number of rotatable bonds is 13. The maximum absolute atomic E-state index is 11.6. The normalized spacial score (nSPS) is 11.7. The van der Waals surface area contributed by atoms with E-state index in [4.69, 9.17) is 9.47 Å². The van der Waals surface area contributed by atoms with E-state index in [1.54, 1.807) is 0 Å². The van der Waals surface area contributed by atoms with E-state index in [0.717, 1.165) is 47.6 Å². The molecular formula is C27H31NO4. The zero-order chi connectivity index (χ0) is 22.6. The molecule has 0 radical (unpaired) electrons. The zero-order valence-corrected chi connectivity index (χ0v) is 18.5. The minimum atomic E-state index is -0.818. The highest BCUT2D eigenvalue weighted by atomic mass is 16.5. The van der Waals surface area contributed by atoms with Crippen molar-refractivity contribution in [1.82, 2.24) is 5.32 Å². The SMILES string of the molecule is CCCc1cc(Oc2ccccc2)ccc1OCCCNCC(C(=O)O)c1ccccc1. The lowest BCUT2D eigenvalue weighted by molar-refractivity contribution is -0.138. The minimum Gasteiger partial charge on any atom is -0.493 e. The first kappa shape index (κ1) is 23.4. The van der Waals surface area contributed by atoms with E-state index < -0.39 is 11.9 Å². The van der Waals surface area contributed by atoms with Gasteiger partial charge in [-0.2, -0.15) is 0 Å². The molecule has 0 amide bonds. The molecule has 0 fully saturated rings. The van der Waals surface area contributed by atoms with Crippen molar-refractivity contribution in [3.05, 3.63) is 90.0 Å². The predicted molar refractivity (Wildman–Crippen MR) is 127 cm³/mol. The van der Waals surface area contributed by atoms with Crippen LogP contribution in [0.2, 0.25) is 0 Å². The number of aryl methyl sites for hydroxylation is 1. The molecule has 0 aliphatic heterocycles. The van der Waals surface area contributed by atoms with Gasteiger partial charge < -0.3 is 19.9 Å². The number of benzene rings is 3. The third kappa shape index (κ3) is 7.13.